The van der Waals surface area contributed by atoms with Crippen molar-refractivity contribution in [1.82, 2.24) is 34.7 Å². The number of carboxylic acid groups (broad SMARTS) is 1. The molecular formula is C27H32N8O8S2. The summed E-state index contributed by atoms with van der Waals surface area (Å²) in [6.45, 7) is 0.593. The van der Waals surface area contributed by atoms with Crippen LogP contribution in [0.1, 0.15) is 32.4 Å². The Balaban J connectivity index is 1.38. The molecule has 2 aliphatic rings. The number of amides is 3. The Morgan fingerprint density at radius 1 is 1.20 bits per heavy atom. The van der Waals surface area contributed by atoms with Crippen LogP contribution in [0.4, 0.5) is 4.79 Å². The summed E-state index contributed by atoms with van der Waals surface area (Å²) in [5.41, 5.74) is 1.57. The predicted molar refractivity (Wildman–Crippen MR) is 162 cm³/mol. The van der Waals surface area contributed by atoms with E-state index in [0.29, 0.717) is 29.4 Å². The van der Waals surface area contributed by atoms with Gasteiger partial charge in [-0.05, 0) is 19.2 Å². The molecule has 3 aromatic rings. The summed E-state index contributed by atoms with van der Waals surface area (Å²) in [6.07, 6.45) is -0.428. The van der Waals surface area contributed by atoms with Gasteiger partial charge in [0.1, 0.15) is 17.4 Å². The number of rotatable bonds is 8. The maximum atomic E-state index is 13.8. The van der Waals surface area contributed by atoms with E-state index in [1.165, 1.54) is 39.8 Å². The predicted octanol–water partition coefficient (Wildman–Crippen LogP) is 0.400. The number of aromatic amines is 1. The van der Waals surface area contributed by atoms with Crippen LogP contribution in [0.5, 0.6) is 0 Å². The number of hydrogen-bond donors (Lipinski definition) is 5. The average molecular weight is 661 g/mol. The molecule has 240 valence electrons. The number of H-pyrrole nitrogens is 1. The van der Waals surface area contributed by atoms with Crippen molar-refractivity contribution in [2.45, 2.75) is 30.5 Å². The smallest absolute Gasteiger partial charge is 0.412 e. The van der Waals surface area contributed by atoms with Crippen molar-refractivity contribution < 1.29 is 37.4 Å². The Morgan fingerprint density at radius 2 is 1.98 bits per heavy atom. The largest absolute Gasteiger partial charge is 0.480 e. The number of alkyl carbamates (subject to hydrolysis) is 1. The first-order chi connectivity index (χ1) is 21.3. The molecule has 2 aromatic heterocycles. The summed E-state index contributed by atoms with van der Waals surface area (Å²) in [6, 6.07) is 5.22. The molecule has 4 heterocycles. The van der Waals surface area contributed by atoms with E-state index in [9.17, 15) is 27.6 Å². The number of carboxylic acids is 1. The number of aliphatic carboxylic acids is 1. The van der Waals surface area contributed by atoms with Gasteiger partial charge in [0.15, 0.2) is 5.01 Å². The van der Waals surface area contributed by atoms with Gasteiger partial charge in [-0.15, -0.1) is 11.3 Å². The van der Waals surface area contributed by atoms with Crippen molar-refractivity contribution in [1.29, 1.82) is 5.41 Å². The minimum absolute atomic E-state index is 0.0141. The Hall–Kier alpha value is -4.39. The normalized spacial score (nSPS) is 17.5. The fraction of sp³-hybridized carbons (Fsp3) is 0.407. The van der Waals surface area contributed by atoms with Crippen LogP contribution >= 0.6 is 11.3 Å². The van der Waals surface area contributed by atoms with Crippen LogP contribution in [0.3, 0.4) is 0 Å². The highest BCUT2D eigenvalue weighted by atomic mass is 32.2. The molecule has 5 N–H and O–H groups in total. The highest BCUT2D eigenvalue weighted by Crippen LogP contribution is 2.29. The van der Waals surface area contributed by atoms with Gasteiger partial charge in [0, 0.05) is 66.9 Å². The molecule has 5 rings (SSSR count). The van der Waals surface area contributed by atoms with E-state index in [-0.39, 0.29) is 41.9 Å². The van der Waals surface area contributed by atoms with Gasteiger partial charge in [0.25, 0.3) is 15.9 Å². The van der Waals surface area contributed by atoms with E-state index in [1.54, 1.807) is 12.1 Å². The lowest BCUT2D eigenvalue weighted by molar-refractivity contribution is -0.138. The molecule has 45 heavy (non-hydrogen) atoms. The van der Waals surface area contributed by atoms with Gasteiger partial charge in [-0.2, -0.15) is 4.31 Å². The van der Waals surface area contributed by atoms with Crippen LogP contribution in [-0.4, -0.2) is 120 Å². The number of fused-ring (bicyclic) bond motifs is 2. The Morgan fingerprint density at radius 3 is 2.71 bits per heavy atom. The molecule has 0 spiro atoms. The van der Waals surface area contributed by atoms with Gasteiger partial charge in [-0.25, -0.2) is 18.2 Å². The summed E-state index contributed by atoms with van der Waals surface area (Å²) in [7, 11) is -0.995. The maximum Gasteiger partial charge on any atom is 0.412 e. The summed E-state index contributed by atoms with van der Waals surface area (Å²) in [4.78, 5) is 60.8. The number of nitrogens with one attached hydrogen (secondary N) is 4. The Bertz CT molecular complexity index is 1790. The van der Waals surface area contributed by atoms with E-state index in [0.717, 1.165) is 17.1 Å². The van der Waals surface area contributed by atoms with Crippen molar-refractivity contribution in [3.05, 3.63) is 45.4 Å². The number of ether oxygens (including phenoxy) is 1. The zero-order valence-corrected chi connectivity index (χ0v) is 26.1. The minimum atomic E-state index is -4.14. The Labute approximate surface area is 261 Å². The molecule has 3 amide bonds. The SMILES string of the molecule is COC(=O)NC(=N)c1ccc2cc(S(=O)(=O)N3CCN(C(=O)c4nc5c(s4)CN(C)CC5)C(CC(=O)NCC(=O)O)C3)[nH]c2c1. The number of methoxy groups -OCH3 is 1. The first-order valence-electron chi connectivity index (χ1n) is 13.9. The highest BCUT2D eigenvalue weighted by molar-refractivity contribution is 7.89. The lowest BCUT2D eigenvalue weighted by Gasteiger charge is -2.40. The average Bonchev–Trinajstić information content (AvgIpc) is 3.63. The number of likely N-dealkylation sites (N-methyl/N-ethyl adjacent to an activating group) is 1. The number of aromatic nitrogens is 2. The highest BCUT2D eigenvalue weighted by Gasteiger charge is 2.39. The zero-order valence-electron chi connectivity index (χ0n) is 24.5. The molecule has 18 heteroatoms. The third-order valence-electron chi connectivity index (χ3n) is 7.59. The number of carbonyl (C=O) groups excluding carboxylic acids is 3. The zero-order chi connectivity index (χ0) is 32.5. The van der Waals surface area contributed by atoms with E-state index in [4.69, 9.17) is 10.5 Å². The molecule has 1 atom stereocenters. The summed E-state index contributed by atoms with van der Waals surface area (Å²) in [5, 5.41) is 22.3. The molecule has 1 aromatic carbocycles. The number of thiazole rings is 1. The standard InChI is InChI=1S/C27H32N8O8S2/c1-33-6-5-18-20(14-33)44-25(31-18)26(39)35-8-7-34(13-17(35)11-21(36)29-12-23(37)38)45(41,42)22-10-15-3-4-16(9-19(15)30-22)24(28)32-27(40)43-2/h3-4,9-10,17,30H,5-8,11-14H2,1-2H3,(H,29,36)(H,37,38)(H2,28,32,40). The quantitative estimate of drug-likeness (QED) is 0.165. The topological polar surface area (TPSA) is 218 Å². The second-order valence-electron chi connectivity index (χ2n) is 10.7. The molecule has 0 radical (unpaired) electrons. The monoisotopic (exact) mass is 660 g/mol. The molecule has 0 aliphatic carbocycles. The number of hydrogen-bond acceptors (Lipinski definition) is 11. The number of carbonyl (C=O) groups is 4. The minimum Gasteiger partial charge on any atom is -0.480 e. The van der Waals surface area contributed by atoms with Gasteiger partial charge < -0.3 is 29.9 Å². The van der Waals surface area contributed by atoms with Crippen LogP contribution in [0.15, 0.2) is 29.3 Å². The molecule has 0 saturated carbocycles. The summed E-state index contributed by atoms with van der Waals surface area (Å²) in [5.74, 6) is -2.52. The first-order valence-corrected chi connectivity index (χ1v) is 16.1. The third kappa shape index (κ3) is 6.98. The van der Waals surface area contributed by atoms with Crippen LogP contribution < -0.4 is 10.6 Å². The van der Waals surface area contributed by atoms with E-state index < -0.39 is 46.5 Å². The molecule has 1 unspecified atom stereocenters. The van der Waals surface area contributed by atoms with Crippen LogP contribution in [-0.2, 0) is 37.3 Å². The second kappa shape index (κ2) is 12.9. The van der Waals surface area contributed by atoms with Gasteiger partial charge in [0.2, 0.25) is 5.91 Å². The van der Waals surface area contributed by atoms with Crippen LogP contribution in [0.25, 0.3) is 10.9 Å². The van der Waals surface area contributed by atoms with Gasteiger partial charge in [0.05, 0.1) is 18.8 Å². The van der Waals surface area contributed by atoms with E-state index >= 15 is 0 Å². The fourth-order valence-electron chi connectivity index (χ4n) is 5.24. The van der Waals surface area contributed by atoms with Crippen molar-refractivity contribution in [2.75, 3.05) is 46.9 Å². The molecule has 16 nitrogen and oxygen atoms in total. The lowest BCUT2D eigenvalue weighted by atomic mass is 10.1. The molecule has 2 aliphatic heterocycles. The number of amidine groups is 1. The van der Waals surface area contributed by atoms with Crippen molar-refractivity contribution in [3.63, 3.8) is 0 Å². The van der Waals surface area contributed by atoms with Crippen molar-refractivity contribution in [2.24, 2.45) is 0 Å². The van der Waals surface area contributed by atoms with E-state index in [2.05, 4.69) is 30.2 Å². The molecule has 1 saturated heterocycles. The van der Waals surface area contributed by atoms with Crippen molar-refractivity contribution >= 4 is 62.0 Å². The van der Waals surface area contributed by atoms with E-state index in [1.807, 2.05) is 7.05 Å². The lowest BCUT2D eigenvalue weighted by Crippen LogP contribution is -2.57. The van der Waals surface area contributed by atoms with Crippen molar-refractivity contribution in [3.8, 4) is 0 Å². The van der Waals surface area contributed by atoms with Gasteiger partial charge in [-0.3, -0.25) is 25.1 Å². The first kappa shape index (κ1) is 32.0. The maximum absolute atomic E-state index is 13.8. The fourth-order valence-corrected chi connectivity index (χ4v) is 7.87. The molecular weight excluding hydrogens is 628 g/mol. The number of nitrogens with zero attached hydrogens (tertiary/aromatic N) is 4. The van der Waals surface area contributed by atoms with Crippen LogP contribution in [0, 0.1) is 5.41 Å². The third-order valence-corrected chi connectivity index (χ3v) is 10.4. The molecule has 1 fully saturated rings. The van der Waals surface area contributed by atoms with Crippen LogP contribution in [0.2, 0.25) is 0 Å². The number of benzene rings is 1. The Kier molecular flexibility index (Phi) is 9.19. The molecule has 0 bridgehead atoms. The number of piperazine rings is 1. The van der Waals surface area contributed by atoms with Gasteiger partial charge in [-0.1, -0.05) is 12.1 Å². The second-order valence-corrected chi connectivity index (χ2v) is 13.7. The summed E-state index contributed by atoms with van der Waals surface area (Å²) < 4.78 is 33.3. The number of sulfonamides is 1. The summed E-state index contributed by atoms with van der Waals surface area (Å²) >= 11 is 1.28. The van der Waals surface area contributed by atoms with Gasteiger partial charge >= 0.3 is 12.1 Å².